The second kappa shape index (κ2) is 10.1. The van der Waals surface area contributed by atoms with Gasteiger partial charge in [0, 0.05) is 25.9 Å². The number of rotatable bonds is 8. The number of ether oxygens (including phenoxy) is 2. The van der Waals surface area contributed by atoms with E-state index in [-0.39, 0.29) is 17.5 Å². The molecule has 2 N–H and O–H groups in total. The smallest absolute Gasteiger partial charge is 0.269 e. The lowest BCUT2D eigenvalue weighted by atomic mass is 10.1. The Morgan fingerprint density at radius 1 is 0.967 bits per heavy atom. The molecule has 30 heavy (non-hydrogen) atoms. The first-order valence-electron chi connectivity index (χ1n) is 9.47. The van der Waals surface area contributed by atoms with Crippen LogP contribution in [0.2, 0.25) is 0 Å². The largest absolute Gasteiger partial charge is 0.496 e. The van der Waals surface area contributed by atoms with Crippen molar-refractivity contribution < 1.29 is 19.1 Å². The Morgan fingerprint density at radius 2 is 1.77 bits per heavy atom. The van der Waals surface area contributed by atoms with Gasteiger partial charge in [0.25, 0.3) is 11.8 Å². The second-order valence-corrected chi connectivity index (χ2v) is 6.41. The van der Waals surface area contributed by atoms with Crippen molar-refractivity contribution in [1.29, 1.82) is 0 Å². The maximum atomic E-state index is 12.4. The molecule has 0 saturated carbocycles. The van der Waals surface area contributed by atoms with Gasteiger partial charge in [0.1, 0.15) is 22.9 Å². The Bertz CT molecular complexity index is 1040. The Balaban J connectivity index is 1.59. The molecule has 1 aromatic heterocycles. The molecule has 3 aromatic rings. The summed E-state index contributed by atoms with van der Waals surface area (Å²) in [5, 5.41) is 5.44. The number of methoxy groups -OCH3 is 1. The summed E-state index contributed by atoms with van der Waals surface area (Å²) in [6.07, 6.45) is 2.16. The molecule has 0 radical (unpaired) electrons. The van der Waals surface area contributed by atoms with Crippen LogP contribution in [-0.4, -0.2) is 37.5 Å². The molecule has 7 heteroatoms. The van der Waals surface area contributed by atoms with E-state index in [1.165, 1.54) is 13.3 Å². The van der Waals surface area contributed by atoms with Crippen LogP contribution in [0.3, 0.4) is 0 Å². The normalized spacial score (nSPS) is 10.2. The molecule has 154 valence electrons. The number of benzene rings is 2. The van der Waals surface area contributed by atoms with E-state index < -0.39 is 0 Å². The van der Waals surface area contributed by atoms with Gasteiger partial charge in [0.2, 0.25) is 0 Å². The number of hydrogen-bond donors (Lipinski definition) is 2. The highest BCUT2D eigenvalue weighted by Gasteiger charge is 2.11. The maximum absolute atomic E-state index is 12.4. The number of para-hydroxylation sites is 1. The minimum absolute atomic E-state index is 0.182. The number of carbonyl (C=O) groups is 2. The lowest BCUT2D eigenvalue weighted by Crippen LogP contribution is -2.26. The first-order valence-corrected chi connectivity index (χ1v) is 9.47. The van der Waals surface area contributed by atoms with Gasteiger partial charge in [-0.1, -0.05) is 24.3 Å². The van der Waals surface area contributed by atoms with Crippen molar-refractivity contribution >= 4 is 11.8 Å². The predicted octanol–water partition coefficient (Wildman–Crippen LogP) is 3.21. The van der Waals surface area contributed by atoms with Gasteiger partial charge < -0.3 is 20.1 Å². The summed E-state index contributed by atoms with van der Waals surface area (Å²) in [4.78, 5) is 28.1. The van der Waals surface area contributed by atoms with Crippen LogP contribution in [0, 0.1) is 0 Å². The Labute approximate surface area is 175 Å². The van der Waals surface area contributed by atoms with E-state index in [4.69, 9.17) is 9.47 Å². The second-order valence-electron chi connectivity index (χ2n) is 6.41. The molecule has 2 amide bonds. The molecule has 0 bridgehead atoms. The van der Waals surface area contributed by atoms with E-state index >= 15 is 0 Å². The summed E-state index contributed by atoms with van der Waals surface area (Å²) in [6, 6.07) is 17.9. The van der Waals surface area contributed by atoms with E-state index in [0.29, 0.717) is 35.8 Å². The minimum Gasteiger partial charge on any atom is -0.496 e. The predicted molar refractivity (Wildman–Crippen MR) is 113 cm³/mol. The molecule has 0 unspecified atom stereocenters. The fourth-order valence-electron chi connectivity index (χ4n) is 2.88. The molecule has 0 aliphatic carbocycles. The molecule has 1 heterocycles. The number of nitrogens with one attached hydrogen (secondary N) is 2. The van der Waals surface area contributed by atoms with Gasteiger partial charge in [0.15, 0.2) is 0 Å². The van der Waals surface area contributed by atoms with Crippen molar-refractivity contribution in [3.63, 3.8) is 0 Å². The van der Waals surface area contributed by atoms with Crippen LogP contribution >= 0.6 is 0 Å². The van der Waals surface area contributed by atoms with Crippen molar-refractivity contribution in [2.24, 2.45) is 0 Å². The molecule has 0 aliphatic heterocycles. The third-order valence-electron chi connectivity index (χ3n) is 4.38. The number of amides is 2. The van der Waals surface area contributed by atoms with Gasteiger partial charge in [-0.2, -0.15) is 0 Å². The van der Waals surface area contributed by atoms with Gasteiger partial charge in [-0.25, -0.2) is 0 Å². The van der Waals surface area contributed by atoms with Gasteiger partial charge in [0.05, 0.1) is 12.7 Å². The van der Waals surface area contributed by atoms with Crippen molar-refractivity contribution in [2.75, 3.05) is 20.7 Å². The molecule has 7 nitrogen and oxygen atoms in total. The summed E-state index contributed by atoms with van der Waals surface area (Å²) in [5.74, 6) is 1.24. The fourth-order valence-corrected chi connectivity index (χ4v) is 2.88. The first kappa shape index (κ1) is 20.9. The molecular weight excluding hydrogens is 382 g/mol. The van der Waals surface area contributed by atoms with E-state index in [1.807, 2.05) is 30.3 Å². The highest BCUT2D eigenvalue weighted by atomic mass is 16.5. The third-order valence-corrected chi connectivity index (χ3v) is 4.38. The first-order chi connectivity index (χ1) is 14.6. The van der Waals surface area contributed by atoms with Gasteiger partial charge in [-0.3, -0.25) is 14.6 Å². The van der Waals surface area contributed by atoms with E-state index in [2.05, 4.69) is 15.6 Å². The van der Waals surface area contributed by atoms with Crippen molar-refractivity contribution in [3.8, 4) is 17.2 Å². The van der Waals surface area contributed by atoms with Gasteiger partial charge >= 0.3 is 0 Å². The molecule has 0 fully saturated rings. The molecule has 0 atom stereocenters. The van der Waals surface area contributed by atoms with Crippen LogP contribution in [0.4, 0.5) is 0 Å². The van der Waals surface area contributed by atoms with Gasteiger partial charge in [-0.15, -0.1) is 0 Å². The zero-order valence-corrected chi connectivity index (χ0v) is 16.8. The molecule has 2 aromatic carbocycles. The Hall–Kier alpha value is -3.87. The highest BCUT2D eigenvalue weighted by Crippen LogP contribution is 2.23. The van der Waals surface area contributed by atoms with Crippen LogP contribution in [0.1, 0.15) is 26.4 Å². The summed E-state index contributed by atoms with van der Waals surface area (Å²) in [7, 11) is 3.09. The number of carbonyl (C=O) groups excluding carboxylic acids is 2. The van der Waals surface area contributed by atoms with Crippen molar-refractivity contribution in [3.05, 3.63) is 83.7 Å². The topological polar surface area (TPSA) is 89.6 Å². The molecule has 0 aliphatic rings. The zero-order valence-electron chi connectivity index (χ0n) is 16.8. The van der Waals surface area contributed by atoms with Gasteiger partial charge in [-0.05, 0) is 42.3 Å². The number of hydrogen-bond acceptors (Lipinski definition) is 5. The highest BCUT2D eigenvalue weighted by molar-refractivity contribution is 5.96. The zero-order chi connectivity index (χ0) is 21.3. The average Bonchev–Trinajstić information content (AvgIpc) is 2.79. The minimum atomic E-state index is -0.278. The van der Waals surface area contributed by atoms with Crippen LogP contribution in [0.5, 0.6) is 17.2 Å². The summed E-state index contributed by atoms with van der Waals surface area (Å²) < 4.78 is 11.1. The van der Waals surface area contributed by atoms with Crippen molar-refractivity contribution in [2.45, 2.75) is 6.42 Å². The van der Waals surface area contributed by atoms with Crippen LogP contribution in [0.15, 0.2) is 66.9 Å². The average molecular weight is 405 g/mol. The number of pyridine rings is 1. The molecule has 0 spiro atoms. The Morgan fingerprint density at radius 3 is 2.57 bits per heavy atom. The standard InChI is InChI=1S/C23H23N3O4/c1-24-23(28)20-15-18(11-13-25-20)30-17-7-5-6-16(14-17)10-12-26-22(27)19-8-3-4-9-21(19)29-2/h3-9,11,13-15H,10,12H2,1-2H3,(H,24,28)(H,26,27). The van der Waals surface area contributed by atoms with E-state index in [9.17, 15) is 9.59 Å². The number of aromatic nitrogens is 1. The quantitative estimate of drug-likeness (QED) is 0.601. The lowest BCUT2D eigenvalue weighted by molar-refractivity contribution is 0.0945. The summed E-state index contributed by atoms with van der Waals surface area (Å²) in [6.45, 7) is 0.469. The number of nitrogens with zero attached hydrogens (tertiary/aromatic N) is 1. The Kier molecular flexibility index (Phi) is 7.00. The van der Waals surface area contributed by atoms with E-state index in [0.717, 1.165) is 5.56 Å². The third kappa shape index (κ3) is 5.35. The van der Waals surface area contributed by atoms with Crippen molar-refractivity contribution in [1.82, 2.24) is 15.6 Å². The monoisotopic (exact) mass is 405 g/mol. The van der Waals surface area contributed by atoms with Crippen LogP contribution in [0.25, 0.3) is 0 Å². The lowest BCUT2D eigenvalue weighted by Gasteiger charge is -2.10. The van der Waals surface area contributed by atoms with Crippen LogP contribution < -0.4 is 20.1 Å². The molecule has 0 saturated heterocycles. The molecular formula is C23H23N3O4. The summed E-state index contributed by atoms with van der Waals surface area (Å²) >= 11 is 0. The van der Waals surface area contributed by atoms with E-state index in [1.54, 1.807) is 37.4 Å². The maximum Gasteiger partial charge on any atom is 0.269 e. The molecule has 3 rings (SSSR count). The SMILES string of the molecule is CNC(=O)c1cc(Oc2cccc(CCNC(=O)c3ccccc3OC)c2)ccn1. The fraction of sp³-hybridized carbons (Fsp3) is 0.174. The summed E-state index contributed by atoms with van der Waals surface area (Å²) in [5.41, 5.74) is 1.79. The van der Waals surface area contributed by atoms with Crippen LogP contribution in [-0.2, 0) is 6.42 Å².